The quantitative estimate of drug-likeness (QED) is 0.274. The van der Waals surface area contributed by atoms with E-state index < -0.39 is 30.6 Å². The number of anilines is 1. The van der Waals surface area contributed by atoms with E-state index in [9.17, 15) is 27.9 Å². The monoisotopic (exact) mass is 579 g/mol. The van der Waals surface area contributed by atoms with Crippen molar-refractivity contribution in [3.63, 3.8) is 0 Å². The number of hydrogen-bond acceptors (Lipinski definition) is 8. The van der Waals surface area contributed by atoms with Gasteiger partial charge in [0.2, 0.25) is 5.91 Å². The Morgan fingerprint density at radius 2 is 1.88 bits per heavy atom. The summed E-state index contributed by atoms with van der Waals surface area (Å²) in [6.07, 6.45) is -4.65. The molecule has 0 saturated carbocycles. The van der Waals surface area contributed by atoms with Gasteiger partial charge in [0.15, 0.2) is 23.6 Å². The van der Waals surface area contributed by atoms with E-state index in [4.69, 9.17) is 11.6 Å². The molecule has 0 spiro atoms. The largest absolute Gasteiger partial charge is 0.416 e. The third kappa shape index (κ3) is 6.15. The van der Waals surface area contributed by atoms with Gasteiger partial charge < -0.3 is 15.7 Å². The molecule has 1 aromatic carbocycles. The van der Waals surface area contributed by atoms with E-state index in [-0.39, 0.29) is 24.1 Å². The summed E-state index contributed by atoms with van der Waals surface area (Å²) in [6.45, 7) is 1.64. The molecule has 3 aromatic heterocycles. The standard InChI is InChI=1S/C24H25ClF3N9O3/c1-13(31-14(2)38)21-32-20(33-37(21)18-10-30-9-8-17(18)29-3)12-36-23(40)35(11-19(39)24(26,27)28)22(34-36)15-4-6-16(25)7-5-15/h4-10,13,19,39H,11-12H2,1-3H3,(H,29,30)(H,31,38)/t13?,19-/m0/s1. The molecule has 0 aliphatic carbocycles. The van der Waals surface area contributed by atoms with Crippen LogP contribution in [-0.4, -0.2) is 64.4 Å². The van der Waals surface area contributed by atoms with Crippen molar-refractivity contribution in [1.82, 2.24) is 39.4 Å². The van der Waals surface area contributed by atoms with Crippen molar-refractivity contribution in [2.45, 2.75) is 45.3 Å². The van der Waals surface area contributed by atoms with Crippen LogP contribution in [0.2, 0.25) is 5.02 Å². The summed E-state index contributed by atoms with van der Waals surface area (Å²) in [6, 6.07) is 7.08. The van der Waals surface area contributed by atoms with Crippen molar-refractivity contribution in [3.8, 4) is 17.1 Å². The predicted molar refractivity (Wildman–Crippen MR) is 139 cm³/mol. The first-order chi connectivity index (χ1) is 18.9. The molecule has 0 fully saturated rings. The van der Waals surface area contributed by atoms with E-state index in [2.05, 4.69) is 30.8 Å². The summed E-state index contributed by atoms with van der Waals surface area (Å²) in [5.74, 6) is -0.0214. The van der Waals surface area contributed by atoms with Gasteiger partial charge in [0.25, 0.3) is 0 Å². The number of nitrogens with one attached hydrogen (secondary N) is 2. The molecule has 212 valence electrons. The van der Waals surface area contributed by atoms with Crippen LogP contribution in [0.25, 0.3) is 17.1 Å². The van der Waals surface area contributed by atoms with Gasteiger partial charge in [-0.3, -0.25) is 14.3 Å². The van der Waals surface area contributed by atoms with Gasteiger partial charge in [-0.05, 0) is 37.3 Å². The molecule has 3 heterocycles. The molecule has 0 saturated heterocycles. The fraction of sp³-hybridized carbons (Fsp3) is 0.333. The van der Waals surface area contributed by atoms with E-state index in [0.29, 0.717) is 27.8 Å². The molecule has 1 amide bonds. The average molecular weight is 580 g/mol. The number of aromatic nitrogens is 7. The molecule has 2 atom stereocenters. The summed E-state index contributed by atoms with van der Waals surface area (Å²) < 4.78 is 42.6. The van der Waals surface area contributed by atoms with Crippen molar-refractivity contribution < 1.29 is 23.1 Å². The molecule has 0 bridgehead atoms. The Morgan fingerprint density at radius 3 is 2.50 bits per heavy atom. The Labute approximate surface area is 230 Å². The number of alkyl halides is 3. The van der Waals surface area contributed by atoms with E-state index in [1.54, 1.807) is 26.2 Å². The van der Waals surface area contributed by atoms with Crippen molar-refractivity contribution >= 4 is 23.2 Å². The smallest absolute Gasteiger partial charge is 0.386 e. The Morgan fingerprint density at radius 1 is 1.18 bits per heavy atom. The molecule has 0 aliphatic heterocycles. The van der Waals surface area contributed by atoms with Gasteiger partial charge in [0.05, 0.1) is 24.5 Å². The zero-order valence-electron chi connectivity index (χ0n) is 21.5. The third-order valence-electron chi connectivity index (χ3n) is 5.83. The summed E-state index contributed by atoms with van der Waals surface area (Å²) in [7, 11) is 1.70. The van der Waals surface area contributed by atoms with Crippen LogP contribution in [0.15, 0.2) is 47.5 Å². The van der Waals surface area contributed by atoms with Gasteiger partial charge in [-0.25, -0.2) is 19.1 Å². The highest BCUT2D eigenvalue weighted by atomic mass is 35.5. The van der Waals surface area contributed by atoms with Gasteiger partial charge >= 0.3 is 11.9 Å². The second-order valence-corrected chi connectivity index (χ2v) is 9.24. The van der Waals surface area contributed by atoms with Crippen molar-refractivity contribution in [1.29, 1.82) is 0 Å². The van der Waals surface area contributed by atoms with Crippen molar-refractivity contribution in [2.24, 2.45) is 0 Å². The van der Waals surface area contributed by atoms with E-state index in [1.807, 2.05) is 0 Å². The zero-order valence-corrected chi connectivity index (χ0v) is 22.3. The van der Waals surface area contributed by atoms with Crippen LogP contribution < -0.4 is 16.3 Å². The second-order valence-electron chi connectivity index (χ2n) is 8.80. The second kappa shape index (κ2) is 11.5. The fourth-order valence-corrected chi connectivity index (χ4v) is 4.09. The number of amides is 1. The van der Waals surface area contributed by atoms with Crippen LogP contribution in [0, 0.1) is 0 Å². The molecule has 4 aromatic rings. The summed E-state index contributed by atoms with van der Waals surface area (Å²) in [5.41, 5.74) is 0.541. The van der Waals surface area contributed by atoms with E-state index >= 15 is 0 Å². The van der Waals surface area contributed by atoms with Gasteiger partial charge in [0.1, 0.15) is 12.2 Å². The van der Waals surface area contributed by atoms with Gasteiger partial charge in [-0.15, -0.1) is 10.2 Å². The molecule has 12 nitrogen and oxygen atoms in total. The predicted octanol–water partition coefficient (Wildman–Crippen LogP) is 2.55. The maximum atomic E-state index is 13.3. The van der Waals surface area contributed by atoms with Gasteiger partial charge in [0, 0.05) is 30.8 Å². The number of halogens is 4. The molecular formula is C24H25ClF3N9O3. The number of nitrogens with zero attached hydrogens (tertiary/aromatic N) is 7. The highest BCUT2D eigenvalue weighted by Gasteiger charge is 2.39. The lowest BCUT2D eigenvalue weighted by Crippen LogP contribution is -2.37. The topological polar surface area (TPSA) is 145 Å². The van der Waals surface area contributed by atoms with Crippen LogP contribution in [0.1, 0.15) is 31.5 Å². The lowest BCUT2D eigenvalue weighted by atomic mass is 10.2. The Hall–Kier alpha value is -4.24. The van der Waals surface area contributed by atoms with Crippen LogP contribution >= 0.6 is 11.6 Å². The molecule has 3 N–H and O–H groups in total. The molecular weight excluding hydrogens is 555 g/mol. The number of pyridine rings is 1. The van der Waals surface area contributed by atoms with Crippen molar-refractivity contribution in [2.75, 3.05) is 12.4 Å². The molecule has 0 radical (unpaired) electrons. The number of aliphatic hydroxyl groups is 1. The molecule has 16 heteroatoms. The molecule has 40 heavy (non-hydrogen) atoms. The number of hydrogen-bond donors (Lipinski definition) is 3. The van der Waals surface area contributed by atoms with Gasteiger partial charge in [-0.1, -0.05) is 11.6 Å². The maximum absolute atomic E-state index is 13.3. The minimum atomic E-state index is -4.96. The molecule has 4 rings (SSSR count). The number of aliphatic hydroxyl groups excluding tert-OH is 1. The van der Waals surface area contributed by atoms with Crippen LogP contribution in [0.5, 0.6) is 0 Å². The first-order valence-electron chi connectivity index (χ1n) is 11.9. The summed E-state index contributed by atoms with van der Waals surface area (Å²) in [4.78, 5) is 33.6. The van der Waals surface area contributed by atoms with Gasteiger partial charge in [-0.2, -0.15) is 13.2 Å². The van der Waals surface area contributed by atoms with Crippen LogP contribution in [0.4, 0.5) is 18.9 Å². The lowest BCUT2D eigenvalue weighted by molar-refractivity contribution is -0.207. The Balaban J connectivity index is 1.80. The normalized spacial score (nSPS) is 13.2. The van der Waals surface area contributed by atoms with Crippen molar-refractivity contribution in [3.05, 3.63) is 69.9 Å². The van der Waals surface area contributed by atoms with Crippen LogP contribution in [-0.2, 0) is 17.9 Å². The van der Waals surface area contributed by atoms with Crippen LogP contribution in [0.3, 0.4) is 0 Å². The highest BCUT2D eigenvalue weighted by Crippen LogP contribution is 2.25. The number of benzene rings is 1. The van der Waals surface area contributed by atoms with E-state index in [1.165, 1.54) is 42.1 Å². The zero-order chi connectivity index (χ0) is 29.2. The maximum Gasteiger partial charge on any atom is 0.416 e. The SMILES string of the molecule is CNc1ccncc1-n1nc(Cn2nc(-c3ccc(Cl)cc3)n(C[C@H](O)C(F)(F)F)c2=O)nc1C(C)NC(C)=O. The lowest BCUT2D eigenvalue weighted by Gasteiger charge is -2.15. The minimum Gasteiger partial charge on any atom is -0.386 e. The average Bonchev–Trinajstić information content (AvgIpc) is 3.45. The molecule has 0 aliphatic rings. The Bertz CT molecular complexity index is 1560. The number of rotatable bonds is 9. The summed E-state index contributed by atoms with van der Waals surface area (Å²) >= 11 is 5.94. The minimum absolute atomic E-state index is 0.0869. The first-order valence-corrected chi connectivity index (χ1v) is 12.3. The number of carbonyl (C=O) groups is 1. The first kappa shape index (κ1) is 28.8. The highest BCUT2D eigenvalue weighted by molar-refractivity contribution is 6.30. The fourth-order valence-electron chi connectivity index (χ4n) is 3.96. The third-order valence-corrected chi connectivity index (χ3v) is 6.08. The molecule has 1 unspecified atom stereocenters. The Kier molecular flexibility index (Phi) is 8.25. The van der Waals surface area contributed by atoms with E-state index in [0.717, 1.165) is 9.25 Å². The number of carbonyl (C=O) groups excluding carboxylic acids is 1. The summed E-state index contributed by atoms with van der Waals surface area (Å²) in [5, 5.41) is 24.6.